The summed E-state index contributed by atoms with van der Waals surface area (Å²) in [5.74, 6) is 1.30. The van der Waals surface area contributed by atoms with E-state index in [1.54, 1.807) is 43.0 Å². The number of piperazine rings is 1. The number of aryl methyl sites for hydroxylation is 2. The number of carbonyl (C=O) groups is 2. The van der Waals surface area contributed by atoms with E-state index in [1.165, 1.54) is 16.9 Å². The van der Waals surface area contributed by atoms with Crippen LogP contribution in [0.25, 0.3) is 17.2 Å². The van der Waals surface area contributed by atoms with E-state index in [9.17, 15) is 19.6 Å². The molecule has 276 valence electrons. The van der Waals surface area contributed by atoms with Crippen molar-refractivity contribution in [2.45, 2.75) is 52.6 Å². The highest BCUT2D eigenvalue weighted by Crippen LogP contribution is 2.37. The maximum Gasteiger partial charge on any atom is 0.265 e. The summed E-state index contributed by atoms with van der Waals surface area (Å²) in [6.45, 7) is 9.70. The highest BCUT2D eigenvalue weighted by molar-refractivity contribution is 7.10. The molecule has 0 spiro atoms. The number of methoxy groups -OCH3 is 2. The number of pyridine rings is 1. The lowest BCUT2D eigenvalue weighted by Crippen LogP contribution is -2.48. The van der Waals surface area contributed by atoms with E-state index in [2.05, 4.69) is 34.2 Å². The highest BCUT2D eigenvalue weighted by Gasteiger charge is 2.30. The number of carbonyl (C=O) groups excluding carboxylic acids is 2. The number of nitrogens with zero attached hydrogens (tertiary/aromatic N) is 6. The summed E-state index contributed by atoms with van der Waals surface area (Å²) in [5, 5.41) is 12.1. The molecule has 6 rings (SSSR count). The van der Waals surface area contributed by atoms with Gasteiger partial charge in [-0.15, -0.1) is 11.3 Å². The van der Waals surface area contributed by atoms with Crippen molar-refractivity contribution in [3.63, 3.8) is 0 Å². The van der Waals surface area contributed by atoms with Gasteiger partial charge in [-0.2, -0.15) is 5.26 Å². The summed E-state index contributed by atoms with van der Waals surface area (Å²) in [6.07, 6.45) is 6.83. The van der Waals surface area contributed by atoms with Gasteiger partial charge in [0.05, 0.1) is 25.8 Å². The van der Waals surface area contributed by atoms with Crippen LogP contribution in [0.3, 0.4) is 0 Å². The smallest absolute Gasteiger partial charge is 0.265 e. The molecule has 1 unspecified atom stereocenters. The first-order valence-electron chi connectivity index (χ1n) is 17.9. The molecule has 0 aliphatic carbocycles. The highest BCUT2D eigenvalue weighted by atomic mass is 32.1. The van der Waals surface area contributed by atoms with Crippen molar-refractivity contribution in [2.24, 2.45) is 7.05 Å². The Hall–Kier alpha value is -5.25. The molecule has 1 saturated heterocycles. The standard InChI is InChI=1S/C41H46N6O5S/c1-26-27(2)40(49)44(4)24-34(26)31-20-36(51-5)35(37(21-31)52-6)25-45-14-16-46(17-15-45)39(48)10-8-29-7-9-33-28(3)47(13-11-30(33)19-29)41(50)32(23-42)22-38-43-12-18-53-38/h7,9,12,18-22,24,28H,8,10-11,13-17,25H2,1-6H3. The lowest BCUT2D eigenvalue weighted by molar-refractivity contribution is -0.133. The molecular weight excluding hydrogens is 689 g/mol. The molecule has 2 aliphatic heterocycles. The van der Waals surface area contributed by atoms with Crippen molar-refractivity contribution in [3.8, 4) is 28.7 Å². The minimum absolute atomic E-state index is 0.00973. The van der Waals surface area contributed by atoms with Crippen molar-refractivity contribution in [3.05, 3.63) is 102 Å². The zero-order valence-electron chi connectivity index (χ0n) is 31.3. The molecule has 2 aliphatic rings. The van der Waals surface area contributed by atoms with Gasteiger partial charge in [-0.25, -0.2) is 4.98 Å². The number of ether oxygens (including phenoxy) is 2. The van der Waals surface area contributed by atoms with Crippen LogP contribution in [0.4, 0.5) is 0 Å². The van der Waals surface area contributed by atoms with Crippen LogP contribution >= 0.6 is 11.3 Å². The van der Waals surface area contributed by atoms with E-state index < -0.39 is 0 Å². The van der Waals surface area contributed by atoms with Crippen molar-refractivity contribution >= 4 is 29.2 Å². The second-order valence-electron chi connectivity index (χ2n) is 13.7. The first-order valence-corrected chi connectivity index (χ1v) is 18.8. The third-order valence-corrected chi connectivity index (χ3v) is 11.4. The third kappa shape index (κ3) is 7.92. The zero-order valence-corrected chi connectivity index (χ0v) is 32.1. The fraction of sp³-hybridized carbons (Fsp3) is 0.390. The van der Waals surface area contributed by atoms with Crippen molar-refractivity contribution < 1.29 is 19.1 Å². The summed E-state index contributed by atoms with van der Waals surface area (Å²) in [5.41, 5.74) is 7.90. The van der Waals surface area contributed by atoms with Gasteiger partial charge in [0.2, 0.25) is 5.91 Å². The number of thiazole rings is 1. The topological polar surface area (TPSA) is 121 Å². The van der Waals surface area contributed by atoms with Gasteiger partial charge in [-0.05, 0) is 79.6 Å². The Bertz CT molecular complexity index is 2120. The van der Waals surface area contributed by atoms with Crippen molar-refractivity contribution in [2.75, 3.05) is 46.9 Å². The molecular formula is C41H46N6O5S. The van der Waals surface area contributed by atoms with E-state index in [-0.39, 0.29) is 29.0 Å². The number of hydrogen-bond acceptors (Lipinski definition) is 9. The minimum Gasteiger partial charge on any atom is -0.496 e. The van der Waals surface area contributed by atoms with Gasteiger partial charge in [0.25, 0.3) is 11.5 Å². The number of nitriles is 1. The van der Waals surface area contributed by atoms with Gasteiger partial charge >= 0.3 is 0 Å². The Morgan fingerprint density at radius 2 is 1.75 bits per heavy atom. The SMILES string of the molecule is COc1cc(-c2cn(C)c(=O)c(C)c2C)cc(OC)c1CN1CCN(C(=O)CCc2ccc3c(c2)CCN(C(=O)C(C#N)=Cc2nccs2)C3C)CC1. The maximum atomic E-state index is 13.3. The Kier molecular flexibility index (Phi) is 11.5. The number of amides is 2. The fourth-order valence-corrected chi connectivity index (χ4v) is 7.96. The Labute approximate surface area is 314 Å². The van der Waals surface area contributed by atoms with Gasteiger partial charge in [-0.1, -0.05) is 18.2 Å². The molecule has 0 saturated carbocycles. The molecule has 4 aromatic rings. The molecule has 2 amide bonds. The van der Waals surface area contributed by atoms with Crippen molar-refractivity contribution in [1.29, 1.82) is 5.26 Å². The van der Waals surface area contributed by atoms with E-state index in [0.717, 1.165) is 58.0 Å². The Morgan fingerprint density at radius 1 is 1.04 bits per heavy atom. The first-order chi connectivity index (χ1) is 25.5. The van der Waals surface area contributed by atoms with Crippen molar-refractivity contribution in [1.82, 2.24) is 24.3 Å². The molecule has 1 atom stereocenters. The van der Waals surface area contributed by atoms with Gasteiger partial charge in [0.1, 0.15) is 28.1 Å². The van der Waals surface area contributed by atoms with Crippen LogP contribution in [-0.4, -0.2) is 83.0 Å². The lowest BCUT2D eigenvalue weighted by Gasteiger charge is -2.36. The normalized spacial score (nSPS) is 16.2. The minimum atomic E-state index is -0.282. The predicted molar refractivity (Wildman–Crippen MR) is 206 cm³/mol. The molecule has 1 fully saturated rings. The molecule has 0 bridgehead atoms. The summed E-state index contributed by atoms with van der Waals surface area (Å²) >= 11 is 1.39. The van der Waals surface area contributed by atoms with Gasteiger partial charge in [0.15, 0.2) is 0 Å². The Balaban J connectivity index is 1.04. The summed E-state index contributed by atoms with van der Waals surface area (Å²) in [6, 6.07) is 12.2. The summed E-state index contributed by atoms with van der Waals surface area (Å²) in [7, 11) is 5.08. The molecule has 0 N–H and O–H groups in total. The van der Waals surface area contributed by atoms with Gasteiger partial charge < -0.3 is 23.8 Å². The average Bonchev–Trinajstić information content (AvgIpc) is 3.70. The predicted octanol–water partition coefficient (Wildman–Crippen LogP) is 5.47. The second kappa shape index (κ2) is 16.2. The molecule has 4 heterocycles. The molecule has 0 radical (unpaired) electrons. The zero-order chi connectivity index (χ0) is 37.8. The average molecular weight is 735 g/mol. The quantitative estimate of drug-likeness (QED) is 0.155. The number of benzene rings is 2. The van der Waals surface area contributed by atoms with Crippen LogP contribution in [0.5, 0.6) is 11.5 Å². The van der Waals surface area contributed by atoms with Crippen LogP contribution in [0.1, 0.15) is 57.8 Å². The molecule has 11 nitrogen and oxygen atoms in total. The number of rotatable bonds is 10. The van der Waals surface area contributed by atoms with E-state index >= 15 is 0 Å². The number of hydrogen-bond donors (Lipinski definition) is 0. The number of fused-ring (bicyclic) bond motifs is 1. The third-order valence-electron chi connectivity index (χ3n) is 10.7. The molecule has 12 heteroatoms. The first kappa shape index (κ1) is 37.5. The molecule has 2 aromatic carbocycles. The van der Waals surface area contributed by atoms with Crippen LogP contribution in [0.2, 0.25) is 0 Å². The van der Waals surface area contributed by atoms with Gasteiger partial charge in [-0.3, -0.25) is 19.3 Å². The largest absolute Gasteiger partial charge is 0.496 e. The van der Waals surface area contributed by atoms with Crippen LogP contribution in [0.15, 0.2) is 58.5 Å². The summed E-state index contributed by atoms with van der Waals surface area (Å²) in [4.78, 5) is 49.3. The lowest BCUT2D eigenvalue weighted by atomic mass is 9.90. The number of aromatic nitrogens is 2. The molecule has 53 heavy (non-hydrogen) atoms. The van der Waals surface area contributed by atoms with Crippen LogP contribution in [0, 0.1) is 25.2 Å². The second-order valence-corrected chi connectivity index (χ2v) is 14.6. The maximum absolute atomic E-state index is 13.3. The van der Waals surface area contributed by atoms with Gasteiger partial charge in [0, 0.05) is 81.6 Å². The van der Waals surface area contributed by atoms with E-state index in [4.69, 9.17) is 9.47 Å². The Morgan fingerprint density at radius 3 is 2.40 bits per heavy atom. The van der Waals surface area contributed by atoms with E-state index in [0.29, 0.717) is 56.0 Å². The fourth-order valence-electron chi connectivity index (χ4n) is 7.40. The van der Waals surface area contributed by atoms with Crippen LogP contribution < -0.4 is 15.0 Å². The molecule has 2 aromatic heterocycles. The monoisotopic (exact) mass is 734 g/mol. The van der Waals surface area contributed by atoms with Crippen LogP contribution in [-0.2, 0) is 36.0 Å². The summed E-state index contributed by atoms with van der Waals surface area (Å²) < 4.78 is 13.3. The van der Waals surface area contributed by atoms with E-state index in [1.807, 2.05) is 49.4 Å².